The Hall–Kier alpha value is -3.08. The van der Waals surface area contributed by atoms with Crippen LogP contribution < -0.4 is 5.32 Å². The zero-order chi connectivity index (χ0) is 18.7. The van der Waals surface area contributed by atoms with Crippen LogP contribution in [0.5, 0.6) is 0 Å². The summed E-state index contributed by atoms with van der Waals surface area (Å²) in [5.41, 5.74) is 5.19. The highest BCUT2D eigenvalue weighted by molar-refractivity contribution is 5.91. The minimum Gasteiger partial charge on any atom is -0.444 e. The zero-order valence-electron chi connectivity index (χ0n) is 15.5. The van der Waals surface area contributed by atoms with E-state index in [1.54, 1.807) is 6.08 Å². The van der Waals surface area contributed by atoms with Crippen molar-refractivity contribution in [2.24, 2.45) is 0 Å². The van der Waals surface area contributed by atoms with Crippen molar-refractivity contribution >= 4 is 12.0 Å². The lowest BCUT2D eigenvalue weighted by atomic mass is 10.2. The molecule has 26 heavy (non-hydrogen) atoms. The maximum atomic E-state index is 12.1. The van der Waals surface area contributed by atoms with Gasteiger partial charge in [0.15, 0.2) is 0 Å². The number of hydrogen-bond acceptors (Lipinski definition) is 3. The van der Waals surface area contributed by atoms with Crippen LogP contribution in [0.25, 0.3) is 11.8 Å². The number of amides is 1. The topological polar surface area (TPSA) is 60.1 Å². The van der Waals surface area contributed by atoms with Gasteiger partial charge in [-0.3, -0.25) is 4.79 Å². The predicted octanol–water partition coefficient (Wildman–Crippen LogP) is 4.03. The summed E-state index contributed by atoms with van der Waals surface area (Å²) in [7, 11) is 0. The molecule has 0 aliphatic rings. The first kappa shape index (κ1) is 17.7. The SMILES string of the molecule is Cc1nc(CNC(=O)C=Cc2cc(C)n(-c3ccccc3)c2C)oc1C. The molecule has 2 heterocycles. The summed E-state index contributed by atoms with van der Waals surface area (Å²) in [5.74, 6) is 1.12. The van der Waals surface area contributed by atoms with E-state index in [0.29, 0.717) is 5.89 Å². The van der Waals surface area contributed by atoms with Gasteiger partial charge < -0.3 is 14.3 Å². The first-order valence-corrected chi connectivity index (χ1v) is 8.59. The Morgan fingerprint density at radius 2 is 1.92 bits per heavy atom. The van der Waals surface area contributed by atoms with Gasteiger partial charge in [-0.15, -0.1) is 0 Å². The number of aromatic nitrogens is 2. The van der Waals surface area contributed by atoms with E-state index in [1.165, 1.54) is 0 Å². The average molecular weight is 349 g/mol. The van der Waals surface area contributed by atoms with E-state index in [4.69, 9.17) is 4.42 Å². The van der Waals surface area contributed by atoms with E-state index >= 15 is 0 Å². The number of nitrogens with zero attached hydrogens (tertiary/aromatic N) is 2. The third-order valence-corrected chi connectivity index (χ3v) is 4.39. The van der Waals surface area contributed by atoms with Crippen LogP contribution in [0.15, 0.2) is 46.9 Å². The maximum absolute atomic E-state index is 12.1. The lowest BCUT2D eigenvalue weighted by Gasteiger charge is -2.09. The molecule has 5 nitrogen and oxygen atoms in total. The minimum absolute atomic E-state index is 0.178. The van der Waals surface area contributed by atoms with Crippen molar-refractivity contribution in [2.75, 3.05) is 0 Å². The van der Waals surface area contributed by atoms with Gasteiger partial charge in [0.25, 0.3) is 0 Å². The molecular formula is C21H23N3O2. The third kappa shape index (κ3) is 3.77. The molecule has 0 saturated heterocycles. The smallest absolute Gasteiger partial charge is 0.244 e. The molecule has 1 amide bonds. The van der Waals surface area contributed by atoms with E-state index in [0.717, 1.165) is 34.1 Å². The van der Waals surface area contributed by atoms with Crippen molar-refractivity contribution in [1.82, 2.24) is 14.9 Å². The van der Waals surface area contributed by atoms with Gasteiger partial charge in [-0.25, -0.2) is 4.98 Å². The number of nitrogens with one attached hydrogen (secondary N) is 1. The first-order valence-electron chi connectivity index (χ1n) is 8.59. The van der Waals surface area contributed by atoms with E-state index in [9.17, 15) is 4.79 Å². The summed E-state index contributed by atoms with van der Waals surface area (Å²) < 4.78 is 7.64. The molecule has 0 aliphatic carbocycles. The molecule has 0 unspecified atom stereocenters. The molecular weight excluding hydrogens is 326 g/mol. The van der Waals surface area contributed by atoms with Gasteiger partial charge >= 0.3 is 0 Å². The predicted molar refractivity (Wildman–Crippen MR) is 102 cm³/mol. The molecule has 134 valence electrons. The molecule has 0 saturated carbocycles. The Bertz CT molecular complexity index is 930. The lowest BCUT2D eigenvalue weighted by Crippen LogP contribution is -2.20. The van der Waals surface area contributed by atoms with Crippen LogP contribution >= 0.6 is 0 Å². The molecule has 3 rings (SSSR count). The summed E-state index contributed by atoms with van der Waals surface area (Å²) in [6, 6.07) is 12.3. The molecule has 5 heteroatoms. The summed E-state index contributed by atoms with van der Waals surface area (Å²) >= 11 is 0. The van der Waals surface area contributed by atoms with Crippen LogP contribution in [-0.2, 0) is 11.3 Å². The number of oxazole rings is 1. The van der Waals surface area contributed by atoms with Crippen LogP contribution in [0, 0.1) is 27.7 Å². The zero-order valence-corrected chi connectivity index (χ0v) is 15.5. The van der Waals surface area contributed by atoms with Crippen LogP contribution in [-0.4, -0.2) is 15.5 Å². The average Bonchev–Trinajstić information content (AvgIpc) is 3.10. The van der Waals surface area contributed by atoms with Crippen LogP contribution in [0.1, 0.15) is 34.3 Å². The van der Waals surface area contributed by atoms with E-state index in [-0.39, 0.29) is 12.5 Å². The number of hydrogen-bond donors (Lipinski definition) is 1. The fourth-order valence-electron chi connectivity index (χ4n) is 2.93. The fraction of sp³-hybridized carbons (Fsp3) is 0.238. The standard InChI is InChI=1S/C21H23N3O2/c1-14-12-18(16(3)24(14)19-8-6-5-7-9-19)10-11-20(25)22-13-21-23-15(2)17(4)26-21/h5-12H,13H2,1-4H3,(H,22,25). The van der Waals surface area contributed by atoms with E-state index in [1.807, 2.05) is 38.1 Å². The Labute approximate surface area is 153 Å². The molecule has 0 bridgehead atoms. The van der Waals surface area contributed by atoms with Gasteiger partial charge in [-0.1, -0.05) is 18.2 Å². The second-order valence-electron chi connectivity index (χ2n) is 6.30. The van der Waals surface area contributed by atoms with Gasteiger partial charge in [0, 0.05) is 23.2 Å². The summed E-state index contributed by atoms with van der Waals surface area (Å²) in [6.07, 6.45) is 3.38. The van der Waals surface area contributed by atoms with E-state index in [2.05, 4.69) is 46.9 Å². The molecule has 3 aromatic rings. The highest BCUT2D eigenvalue weighted by Gasteiger charge is 2.09. The number of para-hydroxylation sites is 1. The van der Waals surface area contributed by atoms with Crippen LogP contribution in [0.4, 0.5) is 0 Å². The number of benzene rings is 1. The number of aryl methyl sites for hydroxylation is 3. The lowest BCUT2D eigenvalue weighted by molar-refractivity contribution is -0.116. The first-order chi connectivity index (χ1) is 12.5. The molecule has 0 spiro atoms. The second-order valence-corrected chi connectivity index (χ2v) is 6.30. The molecule has 0 fully saturated rings. The summed E-state index contributed by atoms with van der Waals surface area (Å²) in [4.78, 5) is 16.3. The highest BCUT2D eigenvalue weighted by Crippen LogP contribution is 2.21. The van der Waals surface area contributed by atoms with Crippen molar-refractivity contribution in [3.8, 4) is 5.69 Å². The molecule has 0 aliphatic heterocycles. The maximum Gasteiger partial charge on any atom is 0.244 e. The summed E-state index contributed by atoms with van der Waals surface area (Å²) in [5, 5.41) is 2.79. The monoisotopic (exact) mass is 349 g/mol. The molecule has 0 atom stereocenters. The van der Waals surface area contributed by atoms with Gasteiger partial charge in [0.05, 0.1) is 12.2 Å². The normalized spacial score (nSPS) is 11.2. The molecule has 0 radical (unpaired) electrons. The van der Waals surface area contributed by atoms with E-state index < -0.39 is 0 Å². The Morgan fingerprint density at radius 1 is 1.19 bits per heavy atom. The van der Waals surface area contributed by atoms with Crippen molar-refractivity contribution in [3.63, 3.8) is 0 Å². The number of rotatable bonds is 5. The Morgan fingerprint density at radius 3 is 2.58 bits per heavy atom. The molecule has 1 N–H and O–H groups in total. The molecule has 2 aromatic heterocycles. The van der Waals surface area contributed by atoms with Gasteiger partial charge in [0.1, 0.15) is 5.76 Å². The largest absolute Gasteiger partial charge is 0.444 e. The van der Waals surface area contributed by atoms with Crippen LogP contribution in [0.3, 0.4) is 0 Å². The quantitative estimate of drug-likeness (QED) is 0.708. The van der Waals surface area contributed by atoms with Gasteiger partial charge in [-0.05, 0) is 57.5 Å². The minimum atomic E-state index is -0.178. The van der Waals surface area contributed by atoms with Crippen LogP contribution in [0.2, 0.25) is 0 Å². The second kappa shape index (κ2) is 7.44. The van der Waals surface area contributed by atoms with Crippen molar-refractivity contribution in [2.45, 2.75) is 34.2 Å². The molecule has 1 aromatic carbocycles. The fourth-order valence-corrected chi connectivity index (χ4v) is 2.93. The van der Waals surface area contributed by atoms with Crippen molar-refractivity contribution in [3.05, 3.63) is 76.8 Å². The number of carbonyl (C=O) groups excluding carboxylic acids is 1. The van der Waals surface area contributed by atoms with Crippen molar-refractivity contribution < 1.29 is 9.21 Å². The van der Waals surface area contributed by atoms with Crippen molar-refractivity contribution in [1.29, 1.82) is 0 Å². The van der Waals surface area contributed by atoms with Gasteiger partial charge in [0.2, 0.25) is 11.8 Å². The Balaban J connectivity index is 1.69. The third-order valence-electron chi connectivity index (χ3n) is 4.39. The van der Waals surface area contributed by atoms with Gasteiger partial charge in [-0.2, -0.15) is 0 Å². The Kier molecular flexibility index (Phi) is 5.07. The number of carbonyl (C=O) groups is 1. The summed E-state index contributed by atoms with van der Waals surface area (Å²) in [6.45, 7) is 8.13. The highest BCUT2D eigenvalue weighted by atomic mass is 16.4.